The Morgan fingerprint density at radius 1 is 1.17 bits per heavy atom. The molecule has 100 valence electrons. The number of ketones is 1. The van der Waals surface area contributed by atoms with E-state index in [9.17, 15) is 18.0 Å². The average molecular weight is 290 g/mol. The van der Waals surface area contributed by atoms with Gasteiger partial charge in [-0.1, -0.05) is 42.1 Å². The van der Waals surface area contributed by atoms with Crippen LogP contribution in [0.4, 0.5) is 0 Å². The van der Waals surface area contributed by atoms with Crippen LogP contribution in [0, 0.1) is 0 Å². The third-order valence-electron chi connectivity index (χ3n) is 1.50. The van der Waals surface area contributed by atoms with Gasteiger partial charge in [0.25, 0.3) is 10.2 Å². The Morgan fingerprint density at radius 3 is 2.00 bits per heavy atom. The highest BCUT2D eigenvalue weighted by Gasteiger charge is 2.05. The van der Waals surface area contributed by atoms with Crippen molar-refractivity contribution in [3.63, 3.8) is 0 Å². The van der Waals surface area contributed by atoms with Gasteiger partial charge in [-0.05, 0) is 0 Å². The zero-order valence-corrected chi connectivity index (χ0v) is 11.3. The number of thioether (sulfide) groups is 1. The molecular formula is C10H14N2O4S2. The van der Waals surface area contributed by atoms with E-state index in [1.807, 2.05) is 18.2 Å². The number of hydrogen-bond acceptors (Lipinski definition) is 5. The number of rotatable bonds is 3. The SMILES string of the molecule is CC(=O)SCC(=O)c1ccccc1.NS(N)(=O)=O. The Kier molecular flexibility index (Phi) is 7.44. The molecule has 0 bridgehead atoms. The lowest BCUT2D eigenvalue weighted by Crippen LogP contribution is -2.21. The molecule has 18 heavy (non-hydrogen) atoms. The van der Waals surface area contributed by atoms with Crippen LogP contribution in [0.25, 0.3) is 0 Å². The first-order valence-electron chi connectivity index (χ1n) is 4.72. The molecule has 0 aliphatic rings. The fourth-order valence-electron chi connectivity index (χ4n) is 0.875. The number of nitrogens with two attached hydrogens (primary N) is 2. The lowest BCUT2D eigenvalue weighted by atomic mass is 10.2. The third-order valence-corrected chi connectivity index (χ3v) is 2.32. The van der Waals surface area contributed by atoms with Gasteiger partial charge >= 0.3 is 0 Å². The van der Waals surface area contributed by atoms with Crippen molar-refractivity contribution in [3.05, 3.63) is 35.9 Å². The van der Waals surface area contributed by atoms with Crippen LogP contribution in [0.1, 0.15) is 17.3 Å². The summed E-state index contributed by atoms with van der Waals surface area (Å²) >= 11 is 1.05. The maximum Gasteiger partial charge on any atom is 0.271 e. The van der Waals surface area contributed by atoms with Crippen molar-refractivity contribution in [1.29, 1.82) is 0 Å². The normalized spacial score (nSPS) is 10.2. The maximum atomic E-state index is 11.4. The van der Waals surface area contributed by atoms with Crippen molar-refractivity contribution in [2.45, 2.75) is 6.92 Å². The van der Waals surface area contributed by atoms with Crippen LogP contribution in [0.2, 0.25) is 0 Å². The lowest BCUT2D eigenvalue weighted by molar-refractivity contribution is -0.109. The molecule has 0 heterocycles. The molecule has 0 atom stereocenters. The van der Waals surface area contributed by atoms with Crippen molar-refractivity contribution in [2.75, 3.05) is 5.75 Å². The first-order chi connectivity index (χ1) is 8.20. The minimum Gasteiger partial charge on any atom is -0.293 e. The Bertz CT molecular complexity index is 492. The number of hydrogen-bond donors (Lipinski definition) is 2. The summed E-state index contributed by atoms with van der Waals surface area (Å²) in [7, 11) is -3.67. The first-order valence-corrected chi connectivity index (χ1v) is 7.32. The number of carbonyl (C=O) groups excluding carboxylic acids is 2. The monoisotopic (exact) mass is 290 g/mol. The van der Waals surface area contributed by atoms with Crippen LogP contribution < -0.4 is 10.3 Å². The summed E-state index contributed by atoms with van der Waals surface area (Å²) < 4.78 is 18.4. The minimum atomic E-state index is -3.67. The zero-order valence-electron chi connectivity index (χ0n) is 9.70. The van der Waals surface area contributed by atoms with E-state index < -0.39 is 10.2 Å². The highest BCUT2D eigenvalue weighted by Crippen LogP contribution is 2.07. The lowest BCUT2D eigenvalue weighted by Gasteiger charge is -1.97. The van der Waals surface area contributed by atoms with Gasteiger partial charge in [0.1, 0.15) is 0 Å². The summed E-state index contributed by atoms with van der Waals surface area (Å²) in [5.74, 6) is 0.236. The van der Waals surface area contributed by atoms with Crippen molar-refractivity contribution in [1.82, 2.24) is 0 Å². The molecule has 1 rings (SSSR count). The van der Waals surface area contributed by atoms with Crippen LogP contribution in [-0.2, 0) is 15.0 Å². The van der Waals surface area contributed by atoms with Gasteiger partial charge in [0.15, 0.2) is 10.9 Å². The van der Waals surface area contributed by atoms with E-state index in [2.05, 4.69) is 10.3 Å². The van der Waals surface area contributed by atoms with Crippen LogP contribution in [0.5, 0.6) is 0 Å². The molecule has 0 amide bonds. The van der Waals surface area contributed by atoms with Crippen LogP contribution in [0.3, 0.4) is 0 Å². The summed E-state index contributed by atoms with van der Waals surface area (Å²) in [5, 5.41) is 8.18. The summed E-state index contributed by atoms with van der Waals surface area (Å²) in [6, 6.07) is 8.98. The number of Topliss-reactive ketones (excluding diaryl/α,β-unsaturated/α-hetero) is 1. The van der Waals surface area contributed by atoms with E-state index in [0.29, 0.717) is 5.56 Å². The Labute approximate surface area is 110 Å². The van der Waals surface area contributed by atoms with E-state index in [0.717, 1.165) is 11.8 Å². The fraction of sp³-hybridized carbons (Fsp3) is 0.200. The van der Waals surface area contributed by atoms with E-state index in [4.69, 9.17) is 0 Å². The van der Waals surface area contributed by atoms with Gasteiger partial charge in [-0.3, -0.25) is 9.59 Å². The van der Waals surface area contributed by atoms with Crippen LogP contribution >= 0.6 is 11.8 Å². The van der Waals surface area contributed by atoms with E-state index >= 15 is 0 Å². The molecular weight excluding hydrogens is 276 g/mol. The molecule has 1 aromatic carbocycles. The minimum absolute atomic E-state index is 0.000741. The van der Waals surface area contributed by atoms with Gasteiger partial charge in [-0.2, -0.15) is 8.42 Å². The van der Waals surface area contributed by atoms with Gasteiger partial charge in [0.05, 0.1) is 5.75 Å². The molecule has 0 aliphatic heterocycles. The molecule has 0 spiro atoms. The fourth-order valence-corrected chi connectivity index (χ4v) is 1.38. The van der Waals surface area contributed by atoms with Gasteiger partial charge in [-0.15, -0.1) is 0 Å². The standard InChI is InChI=1S/C10H10O2S.H4N2O2S/c1-8(11)13-7-10(12)9-5-3-2-4-6-9;1-5(2,3)4/h2-6H,7H2,1H3;(H4,1,2,3,4). The van der Waals surface area contributed by atoms with Crippen LogP contribution in [-0.4, -0.2) is 25.1 Å². The molecule has 0 radical (unpaired) electrons. The van der Waals surface area contributed by atoms with Crippen LogP contribution in [0.15, 0.2) is 30.3 Å². The highest BCUT2D eigenvalue weighted by atomic mass is 32.2. The molecule has 0 saturated heterocycles. The third kappa shape index (κ3) is 11.3. The second-order valence-corrected chi connectivity index (χ2v) is 5.49. The van der Waals surface area contributed by atoms with Gasteiger partial charge in [0.2, 0.25) is 0 Å². The summed E-state index contributed by atoms with van der Waals surface area (Å²) in [5.41, 5.74) is 0.663. The largest absolute Gasteiger partial charge is 0.293 e. The first kappa shape index (κ1) is 16.8. The second kappa shape index (κ2) is 7.98. The molecule has 0 aromatic heterocycles. The Hall–Kier alpha value is -1.22. The summed E-state index contributed by atoms with van der Waals surface area (Å²) in [6.45, 7) is 1.46. The van der Waals surface area contributed by atoms with Crippen molar-refractivity contribution >= 4 is 32.9 Å². The van der Waals surface area contributed by atoms with Gasteiger partial charge in [0, 0.05) is 12.5 Å². The topological polar surface area (TPSA) is 120 Å². The second-order valence-electron chi connectivity index (χ2n) is 3.16. The molecule has 6 nitrogen and oxygen atoms in total. The van der Waals surface area contributed by atoms with Crippen molar-refractivity contribution in [3.8, 4) is 0 Å². The summed E-state index contributed by atoms with van der Waals surface area (Å²) in [6.07, 6.45) is 0. The summed E-state index contributed by atoms with van der Waals surface area (Å²) in [4.78, 5) is 22.0. The van der Waals surface area contributed by atoms with E-state index in [1.54, 1.807) is 12.1 Å². The molecule has 8 heteroatoms. The average Bonchev–Trinajstić information content (AvgIpc) is 2.25. The highest BCUT2D eigenvalue weighted by molar-refractivity contribution is 8.14. The van der Waals surface area contributed by atoms with Gasteiger partial charge < -0.3 is 0 Å². The number of benzene rings is 1. The molecule has 0 aliphatic carbocycles. The van der Waals surface area contributed by atoms with Gasteiger partial charge in [-0.25, -0.2) is 10.3 Å². The van der Waals surface area contributed by atoms with E-state index in [1.165, 1.54) is 6.92 Å². The molecule has 4 N–H and O–H groups in total. The smallest absolute Gasteiger partial charge is 0.271 e. The molecule has 0 unspecified atom stereocenters. The Balaban J connectivity index is 0.000000494. The molecule has 0 fully saturated rings. The quantitative estimate of drug-likeness (QED) is 0.775. The molecule has 0 saturated carbocycles. The van der Waals surface area contributed by atoms with Crippen molar-refractivity contribution < 1.29 is 18.0 Å². The Morgan fingerprint density at radius 2 is 1.61 bits per heavy atom. The predicted octanol–water partition coefficient (Wildman–Crippen LogP) is 0.298. The number of carbonyl (C=O) groups is 2. The molecule has 1 aromatic rings. The van der Waals surface area contributed by atoms with Crippen molar-refractivity contribution in [2.24, 2.45) is 10.3 Å². The predicted molar refractivity (Wildman–Crippen MR) is 71.2 cm³/mol. The maximum absolute atomic E-state index is 11.4. The zero-order chi connectivity index (χ0) is 14.2. The van der Waals surface area contributed by atoms with E-state index in [-0.39, 0.29) is 16.7 Å².